The van der Waals surface area contributed by atoms with E-state index in [0.717, 1.165) is 12.1 Å². The van der Waals surface area contributed by atoms with E-state index >= 15 is 0 Å². The highest BCUT2D eigenvalue weighted by Crippen LogP contribution is 2.30. The summed E-state index contributed by atoms with van der Waals surface area (Å²) in [7, 11) is 1.50. The summed E-state index contributed by atoms with van der Waals surface area (Å²) in [5.74, 6) is -2.66. The van der Waals surface area contributed by atoms with Crippen molar-refractivity contribution in [1.82, 2.24) is 15.5 Å². The van der Waals surface area contributed by atoms with E-state index in [-0.39, 0.29) is 47.6 Å². The van der Waals surface area contributed by atoms with Crippen LogP contribution in [-0.4, -0.2) is 54.6 Å². The van der Waals surface area contributed by atoms with Gasteiger partial charge < -0.3 is 21.3 Å². The molecule has 1 fully saturated rings. The molecule has 196 valence electrons. The molecule has 11 heteroatoms. The Balaban J connectivity index is 1.57. The number of halogens is 4. The number of nitrogens with one attached hydrogen (secondary N) is 2. The van der Waals surface area contributed by atoms with Gasteiger partial charge in [0.15, 0.2) is 0 Å². The molecule has 4 rings (SSSR count). The highest BCUT2D eigenvalue weighted by atomic mass is 35.5. The molecule has 0 aliphatic carbocycles. The molecular formula is C26H27ClF3N5O2. The third-order valence-corrected chi connectivity index (χ3v) is 7.12. The van der Waals surface area contributed by atoms with E-state index in [0.29, 0.717) is 35.5 Å². The van der Waals surface area contributed by atoms with Crippen molar-refractivity contribution >= 4 is 29.1 Å². The van der Waals surface area contributed by atoms with Gasteiger partial charge in [-0.25, -0.2) is 13.2 Å². The first kappa shape index (κ1) is 26.7. The number of hydrogen-bond acceptors (Lipinski definition) is 5. The topological polar surface area (TPSA) is 99.8 Å². The van der Waals surface area contributed by atoms with Gasteiger partial charge >= 0.3 is 0 Å². The van der Waals surface area contributed by atoms with Gasteiger partial charge in [-0.05, 0) is 43.2 Å². The second-order valence-corrected chi connectivity index (χ2v) is 9.48. The third kappa shape index (κ3) is 5.65. The molecule has 7 nitrogen and oxygen atoms in total. The first-order valence-electron chi connectivity index (χ1n) is 11.8. The molecule has 2 aromatic carbocycles. The van der Waals surface area contributed by atoms with Crippen LogP contribution in [0.1, 0.15) is 41.3 Å². The maximum Gasteiger partial charge on any atom is 0.256 e. The van der Waals surface area contributed by atoms with Crippen LogP contribution in [0.2, 0.25) is 5.02 Å². The van der Waals surface area contributed by atoms with Crippen LogP contribution in [0.3, 0.4) is 0 Å². The molecule has 2 aromatic rings. The number of hydrogen-bond donors (Lipinski definition) is 3. The molecule has 37 heavy (non-hydrogen) atoms. The van der Waals surface area contributed by atoms with Gasteiger partial charge in [-0.1, -0.05) is 11.6 Å². The van der Waals surface area contributed by atoms with Crippen molar-refractivity contribution in [2.24, 2.45) is 10.7 Å². The molecule has 2 heterocycles. The Labute approximate surface area is 217 Å². The van der Waals surface area contributed by atoms with Gasteiger partial charge in [-0.3, -0.25) is 14.6 Å². The van der Waals surface area contributed by atoms with Crippen LogP contribution in [0, 0.1) is 17.5 Å². The van der Waals surface area contributed by atoms with Crippen LogP contribution in [0.25, 0.3) is 0 Å². The summed E-state index contributed by atoms with van der Waals surface area (Å²) in [5.41, 5.74) is 8.29. The molecule has 2 atom stereocenters. The Morgan fingerprint density at radius 1 is 1.19 bits per heavy atom. The molecular weight excluding hydrogens is 507 g/mol. The van der Waals surface area contributed by atoms with Gasteiger partial charge in [-0.15, -0.1) is 0 Å². The van der Waals surface area contributed by atoms with Gasteiger partial charge in [0.25, 0.3) is 5.91 Å². The summed E-state index contributed by atoms with van der Waals surface area (Å²) in [4.78, 5) is 30.6. The molecule has 0 radical (unpaired) electrons. The summed E-state index contributed by atoms with van der Waals surface area (Å²) < 4.78 is 42.2. The first-order valence-corrected chi connectivity index (χ1v) is 12.2. The smallest absolute Gasteiger partial charge is 0.256 e. The predicted molar refractivity (Wildman–Crippen MR) is 135 cm³/mol. The standard InChI is InChI=1S/C26H27ClF3N5O2/c1-13-24(31)20(25(32-2)14-5-16(28)8-17(29)6-14)3-4-35(13)26(37)21-9-18(30)7-15(23(21)27)11-33-19-10-22(36)34-12-19/h5-9,13,19,33H,3-4,10-12,31H2,1-2H3,(H,34,36). The predicted octanol–water partition coefficient (Wildman–Crippen LogP) is 3.30. The van der Waals surface area contributed by atoms with E-state index in [1.54, 1.807) is 6.92 Å². The Kier molecular flexibility index (Phi) is 7.89. The van der Waals surface area contributed by atoms with E-state index in [2.05, 4.69) is 15.6 Å². The molecule has 4 N–H and O–H groups in total. The molecule has 2 aliphatic heterocycles. The summed E-state index contributed by atoms with van der Waals surface area (Å²) in [6.07, 6.45) is 0.583. The highest BCUT2D eigenvalue weighted by molar-refractivity contribution is 6.34. The minimum atomic E-state index is -0.738. The largest absolute Gasteiger partial charge is 0.400 e. The Morgan fingerprint density at radius 3 is 2.49 bits per heavy atom. The molecule has 2 unspecified atom stereocenters. The summed E-state index contributed by atoms with van der Waals surface area (Å²) in [6.45, 7) is 2.57. The van der Waals surface area contributed by atoms with E-state index < -0.39 is 29.4 Å². The zero-order valence-electron chi connectivity index (χ0n) is 20.4. The lowest BCUT2D eigenvalue weighted by Crippen LogP contribution is -2.46. The quantitative estimate of drug-likeness (QED) is 0.496. The van der Waals surface area contributed by atoms with Crippen LogP contribution in [0.5, 0.6) is 0 Å². The average molecular weight is 534 g/mol. The lowest BCUT2D eigenvalue weighted by Gasteiger charge is -2.36. The molecule has 0 aromatic heterocycles. The fourth-order valence-corrected chi connectivity index (χ4v) is 5.00. The lowest BCUT2D eigenvalue weighted by atomic mass is 9.91. The van der Waals surface area contributed by atoms with E-state index in [1.165, 1.54) is 30.1 Å². The molecule has 0 bridgehead atoms. The number of aliphatic imine (C=N–C) groups is 1. The summed E-state index contributed by atoms with van der Waals surface area (Å²) >= 11 is 6.53. The van der Waals surface area contributed by atoms with Crippen LogP contribution < -0.4 is 16.4 Å². The average Bonchev–Trinajstić information content (AvgIpc) is 3.26. The van der Waals surface area contributed by atoms with Crippen molar-refractivity contribution in [3.63, 3.8) is 0 Å². The Hall–Kier alpha value is -3.37. The van der Waals surface area contributed by atoms with E-state index in [1.807, 2.05) is 0 Å². The number of rotatable bonds is 6. The van der Waals surface area contributed by atoms with Crippen LogP contribution in [0.15, 0.2) is 46.6 Å². The van der Waals surface area contributed by atoms with Crippen molar-refractivity contribution < 1.29 is 22.8 Å². The SMILES string of the molecule is CN=C(C1=C(N)C(C)N(C(=O)c2cc(F)cc(CNC3CNC(=O)C3)c2Cl)CC1)c1cc(F)cc(F)c1. The van der Waals surface area contributed by atoms with Gasteiger partial charge in [0, 0.05) is 62.0 Å². The number of carbonyl (C=O) groups is 2. The second-order valence-electron chi connectivity index (χ2n) is 9.10. The Morgan fingerprint density at radius 2 is 1.86 bits per heavy atom. The van der Waals surface area contributed by atoms with Crippen LogP contribution in [-0.2, 0) is 11.3 Å². The fraction of sp³-hybridized carbons (Fsp3) is 0.346. The molecule has 0 saturated carbocycles. The van der Waals surface area contributed by atoms with Gasteiger partial charge in [0.2, 0.25) is 5.91 Å². The molecule has 2 aliphatic rings. The van der Waals surface area contributed by atoms with Gasteiger partial charge in [0.05, 0.1) is 22.3 Å². The zero-order valence-corrected chi connectivity index (χ0v) is 21.1. The number of benzene rings is 2. The third-order valence-electron chi connectivity index (χ3n) is 6.68. The van der Waals surface area contributed by atoms with Crippen molar-refractivity contribution in [3.05, 3.63) is 80.8 Å². The van der Waals surface area contributed by atoms with Crippen molar-refractivity contribution in [1.29, 1.82) is 0 Å². The Bertz CT molecular complexity index is 1290. The van der Waals surface area contributed by atoms with Crippen LogP contribution in [0.4, 0.5) is 13.2 Å². The van der Waals surface area contributed by atoms with Crippen molar-refractivity contribution in [3.8, 4) is 0 Å². The maximum atomic E-state index is 14.5. The maximum absolute atomic E-state index is 14.5. The van der Waals surface area contributed by atoms with Crippen molar-refractivity contribution in [2.45, 2.75) is 38.4 Å². The normalized spacial score (nSPS) is 20.4. The van der Waals surface area contributed by atoms with Crippen LogP contribution >= 0.6 is 11.6 Å². The number of carbonyl (C=O) groups excluding carboxylic acids is 2. The minimum absolute atomic E-state index is 0.00114. The minimum Gasteiger partial charge on any atom is -0.400 e. The zero-order chi connectivity index (χ0) is 26.9. The first-order chi connectivity index (χ1) is 17.6. The molecule has 1 saturated heterocycles. The number of amides is 2. The lowest BCUT2D eigenvalue weighted by molar-refractivity contribution is -0.119. The monoisotopic (exact) mass is 533 g/mol. The number of nitrogens with two attached hydrogens (primary N) is 1. The highest BCUT2D eigenvalue weighted by Gasteiger charge is 2.32. The van der Waals surface area contributed by atoms with Crippen molar-refractivity contribution in [2.75, 3.05) is 20.1 Å². The van der Waals surface area contributed by atoms with Gasteiger partial charge in [0.1, 0.15) is 17.5 Å². The van der Waals surface area contributed by atoms with E-state index in [9.17, 15) is 22.8 Å². The molecule has 0 spiro atoms. The molecule has 2 amide bonds. The summed E-state index contributed by atoms with van der Waals surface area (Å²) in [5, 5.41) is 5.98. The van der Waals surface area contributed by atoms with E-state index in [4.69, 9.17) is 17.3 Å². The fourth-order valence-electron chi connectivity index (χ4n) is 4.74. The summed E-state index contributed by atoms with van der Waals surface area (Å²) in [6, 6.07) is 4.74. The second kappa shape index (κ2) is 10.9. The van der Waals surface area contributed by atoms with Gasteiger partial charge in [-0.2, -0.15) is 0 Å². The number of nitrogens with zero attached hydrogens (tertiary/aromatic N) is 2.